The summed E-state index contributed by atoms with van der Waals surface area (Å²) >= 11 is 0. The van der Waals surface area contributed by atoms with Crippen molar-refractivity contribution in [2.75, 3.05) is 39.3 Å². The number of nitrogens with zero attached hydrogens (tertiary/aromatic N) is 2. The Balaban J connectivity index is 1.79. The highest BCUT2D eigenvalue weighted by Gasteiger charge is 2.20. The molecule has 1 heterocycles. The van der Waals surface area contributed by atoms with Crippen molar-refractivity contribution < 1.29 is 10.2 Å². The molecule has 130 valence electrons. The Labute approximate surface area is 140 Å². The lowest BCUT2D eigenvalue weighted by atomic mass is 10.00. The van der Waals surface area contributed by atoms with Gasteiger partial charge in [0.25, 0.3) is 0 Å². The Morgan fingerprint density at radius 3 is 1.87 bits per heavy atom. The van der Waals surface area contributed by atoms with Gasteiger partial charge in [0.2, 0.25) is 0 Å². The third kappa shape index (κ3) is 6.22. The second-order valence-corrected chi connectivity index (χ2v) is 7.31. The maximum Gasteiger partial charge on any atom is 0.0916 e. The van der Waals surface area contributed by atoms with Crippen molar-refractivity contribution in [1.29, 1.82) is 0 Å². The van der Waals surface area contributed by atoms with Crippen LogP contribution in [0.2, 0.25) is 0 Å². The van der Waals surface area contributed by atoms with Crippen LogP contribution in [0.25, 0.3) is 0 Å². The van der Waals surface area contributed by atoms with E-state index in [4.69, 9.17) is 0 Å². The number of hydrogen-bond donors (Lipinski definition) is 2. The monoisotopic (exact) mass is 320 g/mol. The highest BCUT2D eigenvalue weighted by atomic mass is 16.3. The van der Waals surface area contributed by atoms with Gasteiger partial charge in [0.1, 0.15) is 0 Å². The second-order valence-electron chi connectivity index (χ2n) is 7.31. The molecule has 1 aliphatic rings. The zero-order valence-corrected chi connectivity index (χ0v) is 14.8. The van der Waals surface area contributed by atoms with Crippen molar-refractivity contribution in [3.05, 3.63) is 35.4 Å². The highest BCUT2D eigenvalue weighted by molar-refractivity contribution is 5.24. The standard InChI is InChI=1S/C19H32N2O2/c1-15(2)12-17-4-6-18(7-5-17)19(23)14-21-10-8-20(9-11-21)13-16(3)22/h4-7,15-16,19,22-23H,8-14H2,1-3H3. The summed E-state index contributed by atoms with van der Waals surface area (Å²) in [6.45, 7) is 11.5. The fourth-order valence-corrected chi connectivity index (χ4v) is 3.23. The second kappa shape index (κ2) is 8.78. The fraction of sp³-hybridized carbons (Fsp3) is 0.684. The van der Waals surface area contributed by atoms with Crippen LogP contribution in [-0.2, 0) is 6.42 Å². The number of piperazine rings is 1. The molecule has 0 aromatic heterocycles. The predicted molar refractivity (Wildman–Crippen MR) is 94.5 cm³/mol. The largest absolute Gasteiger partial charge is 0.392 e. The summed E-state index contributed by atoms with van der Waals surface area (Å²) in [6, 6.07) is 8.40. The van der Waals surface area contributed by atoms with Crippen molar-refractivity contribution in [2.24, 2.45) is 5.92 Å². The van der Waals surface area contributed by atoms with Gasteiger partial charge in [-0.15, -0.1) is 0 Å². The first-order chi connectivity index (χ1) is 10.9. The summed E-state index contributed by atoms with van der Waals surface area (Å²) in [4.78, 5) is 4.60. The van der Waals surface area contributed by atoms with E-state index >= 15 is 0 Å². The van der Waals surface area contributed by atoms with Gasteiger partial charge in [-0.05, 0) is 30.4 Å². The summed E-state index contributed by atoms with van der Waals surface area (Å²) in [6.07, 6.45) is 0.393. The third-order valence-electron chi connectivity index (χ3n) is 4.43. The van der Waals surface area contributed by atoms with Crippen molar-refractivity contribution in [3.63, 3.8) is 0 Å². The van der Waals surface area contributed by atoms with Gasteiger partial charge < -0.3 is 10.2 Å². The minimum atomic E-state index is -0.425. The summed E-state index contributed by atoms with van der Waals surface area (Å²) in [5, 5.41) is 19.9. The van der Waals surface area contributed by atoms with Gasteiger partial charge in [-0.3, -0.25) is 9.80 Å². The lowest BCUT2D eigenvalue weighted by Crippen LogP contribution is -2.49. The van der Waals surface area contributed by atoms with E-state index in [9.17, 15) is 10.2 Å². The molecular formula is C19H32N2O2. The molecule has 1 aromatic rings. The molecule has 0 radical (unpaired) electrons. The number of rotatable bonds is 7. The van der Waals surface area contributed by atoms with E-state index in [-0.39, 0.29) is 6.10 Å². The minimum absolute atomic E-state index is 0.267. The topological polar surface area (TPSA) is 46.9 Å². The van der Waals surface area contributed by atoms with Crippen molar-refractivity contribution in [3.8, 4) is 0 Å². The molecule has 4 nitrogen and oxygen atoms in total. The molecule has 0 saturated carbocycles. The van der Waals surface area contributed by atoms with Crippen LogP contribution in [0.4, 0.5) is 0 Å². The summed E-state index contributed by atoms with van der Waals surface area (Å²) in [5.74, 6) is 0.656. The number of hydrogen-bond acceptors (Lipinski definition) is 4. The Kier molecular flexibility index (Phi) is 7.03. The molecule has 0 bridgehead atoms. The molecule has 2 unspecified atom stereocenters. The van der Waals surface area contributed by atoms with E-state index in [0.29, 0.717) is 12.5 Å². The van der Waals surface area contributed by atoms with Crippen molar-refractivity contribution in [2.45, 2.75) is 39.4 Å². The quantitative estimate of drug-likeness (QED) is 0.806. The summed E-state index contributed by atoms with van der Waals surface area (Å²) in [5.41, 5.74) is 2.34. The molecule has 0 amide bonds. The van der Waals surface area contributed by atoms with Crippen LogP contribution in [0, 0.1) is 5.92 Å². The zero-order chi connectivity index (χ0) is 16.8. The molecule has 1 aliphatic heterocycles. The van der Waals surface area contributed by atoms with Gasteiger partial charge in [-0.25, -0.2) is 0 Å². The molecule has 1 fully saturated rings. The van der Waals surface area contributed by atoms with Gasteiger partial charge in [0.15, 0.2) is 0 Å². The van der Waals surface area contributed by atoms with Crippen LogP contribution < -0.4 is 0 Å². The lowest BCUT2D eigenvalue weighted by molar-refractivity contribution is 0.0526. The van der Waals surface area contributed by atoms with E-state index in [0.717, 1.165) is 44.7 Å². The van der Waals surface area contributed by atoms with Crippen LogP contribution in [0.15, 0.2) is 24.3 Å². The molecule has 23 heavy (non-hydrogen) atoms. The molecule has 0 aliphatic carbocycles. The maximum atomic E-state index is 10.5. The third-order valence-corrected chi connectivity index (χ3v) is 4.43. The minimum Gasteiger partial charge on any atom is -0.392 e. The smallest absolute Gasteiger partial charge is 0.0916 e. The van der Waals surface area contributed by atoms with Gasteiger partial charge in [-0.2, -0.15) is 0 Å². The van der Waals surface area contributed by atoms with E-state index in [1.54, 1.807) is 0 Å². The Bertz CT molecular complexity index is 451. The predicted octanol–water partition coefficient (Wildman–Crippen LogP) is 1.92. The van der Waals surface area contributed by atoms with E-state index in [2.05, 4.69) is 47.9 Å². The first-order valence-electron chi connectivity index (χ1n) is 8.83. The molecule has 2 atom stereocenters. The Morgan fingerprint density at radius 1 is 0.870 bits per heavy atom. The fourth-order valence-electron chi connectivity index (χ4n) is 3.23. The number of β-amino-alcohol motifs (C(OH)–C–C–N with tert-alkyl or cyclic N) is 2. The van der Waals surface area contributed by atoms with Gasteiger partial charge in [0, 0.05) is 39.3 Å². The Morgan fingerprint density at radius 2 is 1.39 bits per heavy atom. The van der Waals surface area contributed by atoms with Gasteiger partial charge in [-0.1, -0.05) is 38.1 Å². The first kappa shape index (κ1) is 18.4. The van der Waals surface area contributed by atoms with Crippen LogP contribution in [0.3, 0.4) is 0 Å². The van der Waals surface area contributed by atoms with Crippen LogP contribution >= 0.6 is 0 Å². The normalized spacial score (nSPS) is 19.9. The van der Waals surface area contributed by atoms with Gasteiger partial charge >= 0.3 is 0 Å². The SMILES string of the molecule is CC(C)Cc1ccc(C(O)CN2CCN(CC(C)O)CC2)cc1. The molecular weight excluding hydrogens is 288 g/mol. The van der Waals surface area contributed by atoms with Crippen LogP contribution in [-0.4, -0.2) is 65.4 Å². The number of aliphatic hydroxyl groups excluding tert-OH is 2. The van der Waals surface area contributed by atoms with Crippen molar-refractivity contribution in [1.82, 2.24) is 9.80 Å². The molecule has 4 heteroatoms. The first-order valence-corrected chi connectivity index (χ1v) is 8.83. The molecule has 2 N–H and O–H groups in total. The Hall–Kier alpha value is -0.940. The lowest BCUT2D eigenvalue weighted by Gasteiger charge is -2.36. The molecule has 0 spiro atoms. The number of benzene rings is 1. The van der Waals surface area contributed by atoms with Crippen molar-refractivity contribution >= 4 is 0 Å². The van der Waals surface area contributed by atoms with E-state index in [1.807, 2.05) is 6.92 Å². The molecule has 2 rings (SSSR count). The van der Waals surface area contributed by atoms with E-state index < -0.39 is 6.10 Å². The highest BCUT2D eigenvalue weighted by Crippen LogP contribution is 2.17. The summed E-state index contributed by atoms with van der Waals surface area (Å²) in [7, 11) is 0. The average Bonchev–Trinajstić information content (AvgIpc) is 2.49. The molecule has 1 aromatic carbocycles. The van der Waals surface area contributed by atoms with Crippen LogP contribution in [0.1, 0.15) is 38.0 Å². The van der Waals surface area contributed by atoms with Gasteiger partial charge in [0.05, 0.1) is 12.2 Å². The summed E-state index contributed by atoms with van der Waals surface area (Å²) < 4.78 is 0. The number of aliphatic hydroxyl groups is 2. The molecule has 1 saturated heterocycles. The zero-order valence-electron chi connectivity index (χ0n) is 14.8. The maximum absolute atomic E-state index is 10.5. The van der Waals surface area contributed by atoms with E-state index in [1.165, 1.54) is 5.56 Å². The van der Waals surface area contributed by atoms with Crippen LogP contribution in [0.5, 0.6) is 0 Å². The average molecular weight is 320 g/mol.